The smallest absolute Gasteiger partial charge is 0.339 e. The Morgan fingerprint density at radius 2 is 1.28 bits per heavy atom. The lowest BCUT2D eigenvalue weighted by atomic mass is 9.99. The van der Waals surface area contributed by atoms with Crippen LogP contribution in [-0.2, 0) is 19.5 Å². The standard InChI is InChI=1S/C29H29N5O2/c35-28-22-33(26-9-5-2-6-10-26)34(21-25-13-17-31-18-14-25)29(36)32(20-24-11-15-30-16-12-24)27(28)19-23-7-3-1-4-8-23/h1-18,27-28,35H,19-22H2/t27-,28-/m1/s1. The lowest BCUT2D eigenvalue weighted by Gasteiger charge is -2.37. The molecule has 4 aromatic rings. The first-order valence-corrected chi connectivity index (χ1v) is 12.1. The maximum Gasteiger partial charge on any atom is 0.339 e. The number of nitrogens with zero attached hydrogens (tertiary/aromatic N) is 5. The van der Waals surface area contributed by atoms with E-state index in [9.17, 15) is 9.90 Å². The topological polar surface area (TPSA) is 72.8 Å². The Labute approximate surface area is 211 Å². The highest BCUT2D eigenvalue weighted by atomic mass is 16.3. The number of β-amino-alcohol motifs (C(OH)–C–C–N with tert-alkyl or cyclic N) is 1. The summed E-state index contributed by atoms with van der Waals surface area (Å²) in [5.74, 6) is 0. The van der Waals surface area contributed by atoms with Crippen LogP contribution in [0.1, 0.15) is 16.7 Å². The average molecular weight is 480 g/mol. The molecule has 7 heteroatoms. The molecule has 1 fully saturated rings. The molecule has 3 heterocycles. The maximum absolute atomic E-state index is 14.4. The molecule has 2 aromatic heterocycles. The van der Waals surface area contributed by atoms with Crippen molar-refractivity contribution in [1.29, 1.82) is 0 Å². The molecule has 1 aliphatic heterocycles. The summed E-state index contributed by atoms with van der Waals surface area (Å²) in [6.07, 6.45) is 6.68. The van der Waals surface area contributed by atoms with Gasteiger partial charge < -0.3 is 10.0 Å². The number of hydrogen-bond donors (Lipinski definition) is 1. The van der Waals surface area contributed by atoms with Crippen LogP contribution in [0.2, 0.25) is 0 Å². The number of carbonyl (C=O) groups is 1. The Hall–Kier alpha value is -4.23. The van der Waals surface area contributed by atoms with E-state index in [1.54, 1.807) is 34.7 Å². The summed E-state index contributed by atoms with van der Waals surface area (Å²) in [7, 11) is 0. The number of amides is 2. The Bertz CT molecular complexity index is 1240. The number of hydrazine groups is 1. The number of aliphatic hydroxyl groups excluding tert-OH is 1. The molecule has 0 bridgehead atoms. The van der Waals surface area contributed by atoms with Gasteiger partial charge in [0.15, 0.2) is 0 Å². The predicted molar refractivity (Wildman–Crippen MR) is 139 cm³/mol. The minimum absolute atomic E-state index is 0.162. The van der Waals surface area contributed by atoms with Crippen LogP contribution in [0.15, 0.2) is 110 Å². The van der Waals surface area contributed by atoms with Crippen LogP contribution >= 0.6 is 0 Å². The van der Waals surface area contributed by atoms with Gasteiger partial charge in [-0.1, -0.05) is 48.5 Å². The highest BCUT2D eigenvalue weighted by Crippen LogP contribution is 2.28. The van der Waals surface area contributed by atoms with Crippen LogP contribution < -0.4 is 5.01 Å². The van der Waals surface area contributed by atoms with E-state index in [0.717, 1.165) is 22.4 Å². The van der Waals surface area contributed by atoms with E-state index < -0.39 is 12.1 Å². The number of para-hydroxylation sites is 1. The predicted octanol–water partition coefficient (Wildman–Crippen LogP) is 4.31. The molecule has 0 radical (unpaired) electrons. The monoisotopic (exact) mass is 479 g/mol. The number of aromatic nitrogens is 2. The van der Waals surface area contributed by atoms with E-state index in [1.807, 2.05) is 89.9 Å². The van der Waals surface area contributed by atoms with Gasteiger partial charge >= 0.3 is 6.03 Å². The normalized spacial score (nSPS) is 18.2. The Balaban J connectivity index is 1.57. The number of benzene rings is 2. The molecule has 1 N–H and O–H groups in total. The lowest BCUT2D eigenvalue weighted by molar-refractivity contribution is 0.0751. The van der Waals surface area contributed by atoms with Gasteiger partial charge in [-0.2, -0.15) is 0 Å². The van der Waals surface area contributed by atoms with Gasteiger partial charge in [-0.15, -0.1) is 0 Å². The van der Waals surface area contributed by atoms with Crippen molar-refractivity contribution < 1.29 is 9.90 Å². The summed E-state index contributed by atoms with van der Waals surface area (Å²) in [5.41, 5.74) is 3.84. The van der Waals surface area contributed by atoms with Crippen LogP contribution in [0.5, 0.6) is 0 Å². The molecule has 1 aliphatic rings. The molecule has 1 saturated heterocycles. The van der Waals surface area contributed by atoms with Crippen LogP contribution in [0, 0.1) is 0 Å². The molecular formula is C29H29N5O2. The summed E-state index contributed by atoms with van der Waals surface area (Å²) in [4.78, 5) is 24.4. The second-order valence-electron chi connectivity index (χ2n) is 8.92. The summed E-state index contributed by atoms with van der Waals surface area (Å²) in [5, 5.41) is 15.2. The minimum atomic E-state index is -0.779. The van der Waals surface area contributed by atoms with Crippen LogP contribution in [-0.4, -0.2) is 49.7 Å². The molecular weight excluding hydrogens is 450 g/mol. The van der Waals surface area contributed by atoms with E-state index in [4.69, 9.17) is 0 Å². The summed E-state index contributed by atoms with van der Waals surface area (Å²) < 4.78 is 0. The number of pyridine rings is 2. The third kappa shape index (κ3) is 5.37. The molecule has 2 atom stereocenters. The van der Waals surface area contributed by atoms with E-state index in [-0.39, 0.29) is 12.6 Å². The first kappa shape index (κ1) is 23.5. The quantitative estimate of drug-likeness (QED) is 0.428. The SMILES string of the molecule is O=C1N(Cc2ccncc2)[C@H](Cc2ccccc2)[C@H](O)CN(c2ccccc2)N1Cc1ccncc1. The van der Waals surface area contributed by atoms with Gasteiger partial charge in [0.1, 0.15) is 0 Å². The Morgan fingerprint density at radius 3 is 1.89 bits per heavy atom. The third-order valence-electron chi connectivity index (χ3n) is 6.49. The molecule has 0 spiro atoms. The number of anilines is 1. The zero-order valence-corrected chi connectivity index (χ0v) is 20.0. The fraction of sp³-hybridized carbons (Fsp3) is 0.207. The highest BCUT2D eigenvalue weighted by molar-refractivity contribution is 5.78. The van der Waals surface area contributed by atoms with Crippen molar-refractivity contribution >= 4 is 11.7 Å². The van der Waals surface area contributed by atoms with Crippen molar-refractivity contribution in [2.24, 2.45) is 0 Å². The van der Waals surface area contributed by atoms with Crippen molar-refractivity contribution in [2.75, 3.05) is 11.6 Å². The van der Waals surface area contributed by atoms with Crippen LogP contribution in [0.4, 0.5) is 10.5 Å². The van der Waals surface area contributed by atoms with Gasteiger partial charge in [0, 0.05) is 31.3 Å². The number of hydrogen-bond acceptors (Lipinski definition) is 5. The van der Waals surface area contributed by atoms with Crippen molar-refractivity contribution in [3.05, 3.63) is 126 Å². The summed E-state index contributed by atoms with van der Waals surface area (Å²) in [6, 6.07) is 26.8. The molecule has 2 amide bonds. The van der Waals surface area contributed by atoms with Gasteiger partial charge in [-0.25, -0.2) is 9.80 Å². The molecule has 36 heavy (non-hydrogen) atoms. The van der Waals surface area contributed by atoms with Crippen molar-refractivity contribution in [1.82, 2.24) is 19.9 Å². The molecule has 7 nitrogen and oxygen atoms in total. The molecule has 2 aromatic carbocycles. The van der Waals surface area contributed by atoms with E-state index in [2.05, 4.69) is 9.97 Å². The fourth-order valence-corrected chi connectivity index (χ4v) is 4.63. The lowest BCUT2D eigenvalue weighted by Crippen LogP contribution is -2.51. The second-order valence-corrected chi connectivity index (χ2v) is 8.92. The van der Waals surface area contributed by atoms with Crippen molar-refractivity contribution in [2.45, 2.75) is 31.7 Å². The zero-order valence-electron chi connectivity index (χ0n) is 20.0. The Kier molecular flexibility index (Phi) is 7.19. The summed E-state index contributed by atoms with van der Waals surface area (Å²) >= 11 is 0. The maximum atomic E-state index is 14.4. The number of aliphatic hydroxyl groups is 1. The highest BCUT2D eigenvalue weighted by Gasteiger charge is 2.40. The first-order chi connectivity index (χ1) is 17.7. The minimum Gasteiger partial charge on any atom is -0.389 e. The van der Waals surface area contributed by atoms with Crippen LogP contribution in [0.3, 0.4) is 0 Å². The van der Waals surface area contributed by atoms with E-state index in [1.165, 1.54) is 0 Å². The number of carbonyl (C=O) groups excluding carboxylic acids is 1. The molecule has 182 valence electrons. The fourth-order valence-electron chi connectivity index (χ4n) is 4.63. The second kappa shape index (κ2) is 11.0. The zero-order chi connectivity index (χ0) is 24.7. The third-order valence-corrected chi connectivity index (χ3v) is 6.49. The van der Waals surface area contributed by atoms with E-state index in [0.29, 0.717) is 19.5 Å². The Morgan fingerprint density at radius 1 is 0.722 bits per heavy atom. The molecule has 0 aliphatic carbocycles. The number of urea groups is 1. The number of rotatable bonds is 7. The molecule has 0 unspecified atom stereocenters. The largest absolute Gasteiger partial charge is 0.389 e. The van der Waals surface area contributed by atoms with Crippen LogP contribution in [0.25, 0.3) is 0 Å². The van der Waals surface area contributed by atoms with Gasteiger partial charge in [0.05, 0.1) is 30.9 Å². The van der Waals surface area contributed by atoms with Gasteiger partial charge in [0.25, 0.3) is 0 Å². The van der Waals surface area contributed by atoms with Gasteiger partial charge in [0.2, 0.25) is 0 Å². The van der Waals surface area contributed by atoms with E-state index >= 15 is 0 Å². The van der Waals surface area contributed by atoms with Gasteiger partial charge in [-0.3, -0.25) is 15.0 Å². The van der Waals surface area contributed by atoms with Crippen molar-refractivity contribution in [3.8, 4) is 0 Å². The molecule has 0 saturated carbocycles. The first-order valence-electron chi connectivity index (χ1n) is 12.1. The van der Waals surface area contributed by atoms with Gasteiger partial charge in [-0.05, 0) is 59.5 Å². The van der Waals surface area contributed by atoms with Crippen molar-refractivity contribution in [3.63, 3.8) is 0 Å². The summed E-state index contributed by atoms with van der Waals surface area (Å²) in [6.45, 7) is 1.00. The molecule has 5 rings (SSSR count). The average Bonchev–Trinajstić information content (AvgIpc) is 3.02.